The van der Waals surface area contributed by atoms with Crippen molar-refractivity contribution in [2.24, 2.45) is 17.3 Å². The first-order chi connectivity index (χ1) is 62.1. The summed E-state index contributed by atoms with van der Waals surface area (Å²) >= 11 is 0. The largest absolute Gasteiger partial charge is 0.508 e. The smallest absolute Gasteiger partial charge is 0.341 e. The molecule has 14 rings (SSSR count). The molecule has 0 unspecified atom stereocenters. The first kappa shape index (κ1) is 93.3. The van der Waals surface area contributed by atoms with Gasteiger partial charge >= 0.3 is 23.9 Å². The lowest BCUT2D eigenvalue weighted by atomic mass is 9.52. The van der Waals surface area contributed by atoms with E-state index in [0.29, 0.717) is 163 Å². The minimum atomic E-state index is -1.20. The Kier molecular flexibility index (Phi) is 26.8. The highest BCUT2D eigenvalue weighted by molar-refractivity contribution is 5.73. The second kappa shape index (κ2) is 37.7. The van der Waals surface area contributed by atoms with E-state index in [9.17, 15) is 80.5 Å². The molecule has 2 aliphatic carbocycles. The predicted octanol–water partition coefficient (Wildman–Crippen LogP) is 22.3. The van der Waals surface area contributed by atoms with E-state index >= 15 is 0 Å². The highest BCUT2D eigenvalue weighted by atomic mass is 16.5. The molecule has 680 valence electrons. The van der Waals surface area contributed by atoms with E-state index in [0.717, 1.165) is 66.8 Å². The lowest BCUT2D eigenvalue weighted by Crippen LogP contribution is -2.43. The fraction of sp³-hybridized carbons (Fsp3) is 0.315. The fourth-order valence-electron chi connectivity index (χ4n) is 21.1. The zero-order valence-electron chi connectivity index (χ0n) is 76.6. The molecule has 0 aromatic heterocycles. The third-order valence-electron chi connectivity index (χ3n) is 28.2. The van der Waals surface area contributed by atoms with Crippen LogP contribution in [0.5, 0.6) is 69.0 Å². The molecular formula is C111H116O20. The number of ether oxygens (including phenoxy) is 4. The monoisotopic (exact) mass is 1770 g/mol. The topological polar surface area (TPSA) is 348 Å². The van der Waals surface area contributed by atoms with E-state index in [1.165, 1.54) is 0 Å². The van der Waals surface area contributed by atoms with Gasteiger partial charge in [0.1, 0.15) is 69.0 Å². The highest BCUT2D eigenvalue weighted by Crippen LogP contribution is 2.61. The second-order valence-corrected chi connectivity index (χ2v) is 37.2. The van der Waals surface area contributed by atoms with Crippen LogP contribution in [0, 0.1) is 100 Å². The summed E-state index contributed by atoms with van der Waals surface area (Å²) in [6, 6.07) is 59.9. The summed E-state index contributed by atoms with van der Waals surface area (Å²) in [6.45, 7) is 24.2. The Morgan fingerprint density at radius 3 is 0.573 bits per heavy atom. The Balaban J connectivity index is 0.972. The first-order valence-corrected chi connectivity index (χ1v) is 44.5. The van der Waals surface area contributed by atoms with Gasteiger partial charge in [0.25, 0.3) is 0 Å². The van der Waals surface area contributed by atoms with Crippen LogP contribution in [0.15, 0.2) is 194 Å². The number of carboxylic acid groups (broad SMARTS) is 4. The van der Waals surface area contributed by atoms with Gasteiger partial charge in [-0.1, -0.05) is 159 Å². The van der Waals surface area contributed by atoms with Gasteiger partial charge in [-0.25, -0.2) is 19.2 Å². The van der Waals surface area contributed by atoms with Gasteiger partial charge in [0.15, 0.2) is 26.4 Å². The Bertz CT molecular complexity index is 5480. The van der Waals surface area contributed by atoms with Gasteiger partial charge in [0, 0.05) is 56.8 Å². The molecular weight excluding hydrogens is 1650 g/mol. The van der Waals surface area contributed by atoms with Crippen LogP contribution in [-0.2, 0) is 30.0 Å². The standard InChI is InChI=1S/C111H116O20/c1-59-39-71(15-23-89(59)112)101(72-16-24-90(113)60(2)40-72)85-51-81(47-67(9)105(85)128-55-97(120)121)110(82-48-68(10)106(129-56-98(122)123)86(52-82)102(73-17-25-91(114)61(3)41-73)74-18-26-92(115)62(4)42-74)35-31-79(32-36-110)109(13,14)80-33-37-111(38-34-80,83-49-69(11)107(130-57-99(124)125)87(53-83)103(75-19-27-93(116)63(5)43-75)76-20-28-94(117)64(6)44-76)84-50-70(12)108(131-58-100(126)127)88(54-84)104(77-21-29-95(118)65(7)45-77)78-22-30-96(119)66(8)46-78/h15-30,39-54,79-80,101-104,112-119H,31-38,55-58H2,1-14H3,(H,120,121)(H,122,123)(H,124,125)(H,126,127). The van der Waals surface area contributed by atoms with E-state index in [1.54, 1.807) is 48.5 Å². The molecule has 0 amide bonds. The van der Waals surface area contributed by atoms with Crippen LogP contribution in [0.1, 0.15) is 245 Å². The third kappa shape index (κ3) is 19.0. The molecule has 0 spiro atoms. The molecule has 0 atom stereocenters. The van der Waals surface area contributed by atoms with Crippen LogP contribution in [0.25, 0.3) is 0 Å². The number of carbonyl (C=O) groups is 4. The number of hydrogen-bond donors (Lipinski definition) is 12. The van der Waals surface area contributed by atoms with Crippen molar-refractivity contribution < 1.29 is 99.4 Å². The van der Waals surface area contributed by atoms with Crippen molar-refractivity contribution >= 4 is 23.9 Å². The maximum Gasteiger partial charge on any atom is 0.341 e. The summed E-state index contributed by atoms with van der Waals surface area (Å²) in [5, 5.41) is 131. The number of aromatic hydroxyl groups is 8. The second-order valence-electron chi connectivity index (χ2n) is 37.2. The summed E-state index contributed by atoms with van der Waals surface area (Å²) in [6.07, 6.45) is 4.76. The molecule has 12 N–H and O–H groups in total. The molecule has 131 heavy (non-hydrogen) atoms. The van der Waals surface area contributed by atoms with Crippen molar-refractivity contribution in [1.29, 1.82) is 0 Å². The van der Waals surface area contributed by atoms with Gasteiger partial charge in [-0.2, -0.15) is 0 Å². The Labute approximate surface area is 764 Å². The maximum atomic E-state index is 12.8. The normalized spacial score (nSPS) is 14.1. The third-order valence-corrected chi connectivity index (χ3v) is 28.2. The van der Waals surface area contributed by atoms with Gasteiger partial charge < -0.3 is 80.2 Å². The molecule has 0 bridgehead atoms. The minimum Gasteiger partial charge on any atom is -0.508 e. The highest BCUT2D eigenvalue weighted by Gasteiger charge is 2.50. The van der Waals surface area contributed by atoms with Crippen LogP contribution in [0.4, 0.5) is 0 Å². The molecule has 20 heteroatoms. The van der Waals surface area contributed by atoms with Crippen molar-refractivity contribution in [3.05, 3.63) is 350 Å². The predicted molar refractivity (Wildman–Crippen MR) is 503 cm³/mol. The number of phenols is 8. The molecule has 12 aromatic carbocycles. The van der Waals surface area contributed by atoms with Gasteiger partial charge in [-0.05, 0) is 334 Å². The molecule has 0 aliphatic heterocycles. The minimum absolute atomic E-state index is 0.0385. The zero-order chi connectivity index (χ0) is 94.3. The molecule has 0 saturated heterocycles. The van der Waals surface area contributed by atoms with Crippen molar-refractivity contribution in [3.63, 3.8) is 0 Å². The van der Waals surface area contributed by atoms with Gasteiger partial charge in [0.05, 0.1) is 0 Å². The fourth-order valence-corrected chi connectivity index (χ4v) is 21.1. The van der Waals surface area contributed by atoms with Crippen molar-refractivity contribution in [2.75, 3.05) is 26.4 Å². The zero-order valence-corrected chi connectivity index (χ0v) is 76.6. The average molecular weight is 1770 g/mol. The quantitative estimate of drug-likeness (QED) is 0.0186. The number of carboxylic acids is 4. The first-order valence-electron chi connectivity index (χ1n) is 44.5. The van der Waals surface area contributed by atoms with Crippen LogP contribution in [-0.4, -0.2) is 112 Å². The Hall–Kier alpha value is -13.9. The van der Waals surface area contributed by atoms with Crippen molar-refractivity contribution in [2.45, 2.75) is 183 Å². The van der Waals surface area contributed by atoms with E-state index in [2.05, 4.69) is 62.4 Å². The lowest BCUT2D eigenvalue weighted by molar-refractivity contribution is -0.140. The van der Waals surface area contributed by atoms with Gasteiger partial charge in [-0.15, -0.1) is 0 Å². The lowest BCUT2D eigenvalue weighted by Gasteiger charge is -2.52. The summed E-state index contributed by atoms with van der Waals surface area (Å²) in [5.74, 6) is -5.57. The number of hydrogen-bond acceptors (Lipinski definition) is 16. The van der Waals surface area contributed by atoms with Crippen LogP contribution >= 0.6 is 0 Å². The van der Waals surface area contributed by atoms with E-state index < -0.39 is 90.2 Å². The molecule has 2 saturated carbocycles. The Morgan fingerprint density at radius 2 is 0.427 bits per heavy atom. The number of rotatable bonds is 30. The maximum absolute atomic E-state index is 12.8. The summed E-state index contributed by atoms with van der Waals surface area (Å²) < 4.78 is 26.1. The molecule has 2 aliphatic rings. The molecule has 20 nitrogen and oxygen atoms in total. The summed E-state index contributed by atoms with van der Waals surface area (Å²) in [7, 11) is 0. The number of aryl methyl sites for hydroxylation is 12. The molecule has 0 radical (unpaired) electrons. The van der Waals surface area contributed by atoms with Gasteiger partial charge in [0.2, 0.25) is 0 Å². The van der Waals surface area contributed by atoms with Crippen LogP contribution in [0.2, 0.25) is 0 Å². The van der Waals surface area contributed by atoms with Crippen LogP contribution < -0.4 is 18.9 Å². The van der Waals surface area contributed by atoms with E-state index in [-0.39, 0.29) is 57.8 Å². The van der Waals surface area contributed by atoms with Crippen molar-refractivity contribution in [1.82, 2.24) is 0 Å². The van der Waals surface area contributed by atoms with Crippen LogP contribution in [0.3, 0.4) is 0 Å². The number of phenolic OH excluding ortho intramolecular Hbond substituents is 8. The molecule has 12 aromatic rings. The summed E-state index contributed by atoms with van der Waals surface area (Å²) in [5.41, 5.74) is 16.9. The molecule has 2 fully saturated rings. The summed E-state index contributed by atoms with van der Waals surface area (Å²) in [4.78, 5) is 51.4. The van der Waals surface area contributed by atoms with Gasteiger partial charge in [-0.3, -0.25) is 0 Å². The average Bonchev–Trinajstić information content (AvgIpc) is 0.728. The van der Waals surface area contributed by atoms with E-state index in [4.69, 9.17) is 18.9 Å². The number of benzene rings is 12. The van der Waals surface area contributed by atoms with E-state index in [1.807, 2.05) is 180 Å². The number of aliphatic carboxylic acids is 4. The molecule has 0 heterocycles. The van der Waals surface area contributed by atoms with Crippen molar-refractivity contribution in [3.8, 4) is 69.0 Å². The Morgan fingerprint density at radius 1 is 0.267 bits per heavy atom. The SMILES string of the molecule is Cc1cc(C(c2ccc(O)c(C)c2)c2cc(C3(c4cc(C)c(OCC(=O)O)c(C(c5ccc(O)c(C)c5)c5ccc(O)c(C)c5)c4)CCC(C(C)(C)C4CCC(c5cc(C)c(OCC(=O)O)c(C(c6ccc(O)c(C)c6)c6ccc(O)c(C)c6)c5)(c5cc(C)c(OCC(=O)O)c(C(c6ccc(O)c(C)c6)c6ccc(O)c(C)c6)c5)CC4)CC3)cc(C)c2OCC(=O)O)ccc1O.